The van der Waals surface area contributed by atoms with Gasteiger partial charge >= 0.3 is 0 Å². The maximum absolute atomic E-state index is 10.7. The molecule has 1 unspecified atom stereocenters. The van der Waals surface area contributed by atoms with Crippen LogP contribution in [0.4, 0.5) is 0 Å². The molecule has 6 nitrogen and oxygen atoms in total. The van der Waals surface area contributed by atoms with Crippen LogP contribution in [0.1, 0.15) is 31.0 Å². The number of aliphatic hydroxyl groups is 2. The van der Waals surface area contributed by atoms with Gasteiger partial charge in [-0.3, -0.25) is 0 Å². The van der Waals surface area contributed by atoms with Crippen molar-refractivity contribution in [2.75, 3.05) is 13.2 Å². The Balaban J connectivity index is 1.68. The van der Waals surface area contributed by atoms with Gasteiger partial charge in [0.15, 0.2) is 0 Å². The minimum absolute atomic E-state index is 0.130. The van der Waals surface area contributed by atoms with Crippen molar-refractivity contribution < 1.29 is 19.7 Å². The highest BCUT2D eigenvalue weighted by atomic mass is 16.5. The third-order valence-corrected chi connectivity index (χ3v) is 4.63. The van der Waals surface area contributed by atoms with Crippen LogP contribution in [-0.2, 0) is 0 Å². The fourth-order valence-corrected chi connectivity index (χ4v) is 3.12. The van der Waals surface area contributed by atoms with E-state index in [0.717, 1.165) is 0 Å². The maximum Gasteiger partial charge on any atom is 0.131 e. The van der Waals surface area contributed by atoms with Crippen molar-refractivity contribution in [1.29, 1.82) is 5.26 Å². The first-order chi connectivity index (χ1) is 12.9. The molecule has 1 aliphatic heterocycles. The van der Waals surface area contributed by atoms with Gasteiger partial charge in [0.05, 0.1) is 17.7 Å². The summed E-state index contributed by atoms with van der Waals surface area (Å²) < 4.78 is 11.4. The van der Waals surface area contributed by atoms with Gasteiger partial charge in [-0.05, 0) is 44.2 Å². The number of para-hydroxylation sites is 1. The standard InChI is InChI=1S/C21H24N2O4/c1-21(2)20(25)19(17-10-14(11-22)8-9-18(17)27-21)23-12-15(24)13-26-16-6-4-3-5-7-16/h3-10,15,19-20,23-25H,12-13H2,1-2H3/t15?,19-,20+/m1/s1. The highest BCUT2D eigenvalue weighted by Crippen LogP contribution is 2.40. The van der Waals surface area contributed by atoms with E-state index < -0.39 is 23.9 Å². The van der Waals surface area contributed by atoms with Crippen molar-refractivity contribution >= 4 is 0 Å². The monoisotopic (exact) mass is 368 g/mol. The van der Waals surface area contributed by atoms with Crippen molar-refractivity contribution in [3.63, 3.8) is 0 Å². The quantitative estimate of drug-likeness (QED) is 0.723. The van der Waals surface area contributed by atoms with Crippen LogP contribution in [0, 0.1) is 11.3 Å². The molecule has 0 saturated heterocycles. The normalized spacial score (nSPS) is 21.4. The smallest absolute Gasteiger partial charge is 0.131 e. The summed E-state index contributed by atoms with van der Waals surface area (Å²) in [6, 6.07) is 16.0. The second-order valence-electron chi connectivity index (χ2n) is 7.18. The van der Waals surface area contributed by atoms with E-state index in [1.165, 1.54) is 0 Å². The summed E-state index contributed by atoms with van der Waals surface area (Å²) in [7, 11) is 0. The minimum Gasteiger partial charge on any atom is -0.491 e. The number of ether oxygens (including phenoxy) is 2. The van der Waals surface area contributed by atoms with Gasteiger partial charge in [0.1, 0.15) is 35.9 Å². The summed E-state index contributed by atoms with van der Waals surface area (Å²) in [6.45, 7) is 3.97. The van der Waals surface area contributed by atoms with Gasteiger partial charge in [-0.15, -0.1) is 0 Å². The summed E-state index contributed by atoms with van der Waals surface area (Å²) in [4.78, 5) is 0. The van der Waals surface area contributed by atoms with E-state index in [2.05, 4.69) is 11.4 Å². The van der Waals surface area contributed by atoms with Crippen LogP contribution in [0.3, 0.4) is 0 Å². The summed E-state index contributed by atoms with van der Waals surface area (Å²) in [6.07, 6.45) is -1.60. The first kappa shape index (κ1) is 19.2. The topological polar surface area (TPSA) is 94.7 Å². The lowest BCUT2D eigenvalue weighted by Gasteiger charge is -2.42. The van der Waals surface area contributed by atoms with Crippen molar-refractivity contribution in [1.82, 2.24) is 5.32 Å². The third-order valence-electron chi connectivity index (χ3n) is 4.63. The SMILES string of the molecule is CC1(C)Oc2ccc(C#N)cc2[C@@H](NCC(O)COc2ccccc2)[C@@H]1O. The van der Waals surface area contributed by atoms with Crippen LogP contribution >= 0.6 is 0 Å². The van der Waals surface area contributed by atoms with Gasteiger partial charge in [0, 0.05) is 12.1 Å². The molecule has 3 rings (SSSR count). The number of nitrogens with zero attached hydrogens (tertiary/aromatic N) is 1. The second kappa shape index (κ2) is 7.97. The molecule has 3 N–H and O–H groups in total. The molecule has 27 heavy (non-hydrogen) atoms. The molecule has 1 aliphatic rings. The predicted octanol–water partition coefficient (Wildman–Crippen LogP) is 2.16. The van der Waals surface area contributed by atoms with Crippen molar-refractivity contribution in [2.45, 2.75) is 37.7 Å². The van der Waals surface area contributed by atoms with Gasteiger partial charge in [-0.1, -0.05) is 18.2 Å². The summed E-state index contributed by atoms with van der Waals surface area (Å²) >= 11 is 0. The molecule has 0 spiro atoms. The van der Waals surface area contributed by atoms with Crippen LogP contribution in [0.25, 0.3) is 0 Å². The van der Waals surface area contributed by atoms with Crippen LogP contribution in [0.15, 0.2) is 48.5 Å². The first-order valence-corrected chi connectivity index (χ1v) is 8.91. The van der Waals surface area contributed by atoms with Gasteiger partial charge in [-0.2, -0.15) is 5.26 Å². The number of aliphatic hydroxyl groups excluding tert-OH is 2. The van der Waals surface area contributed by atoms with E-state index >= 15 is 0 Å². The zero-order chi connectivity index (χ0) is 19.4. The number of fused-ring (bicyclic) bond motifs is 1. The zero-order valence-electron chi connectivity index (χ0n) is 15.4. The molecule has 142 valence electrons. The van der Waals surface area contributed by atoms with Crippen molar-refractivity contribution in [2.24, 2.45) is 0 Å². The number of hydrogen-bond acceptors (Lipinski definition) is 6. The molecule has 0 radical (unpaired) electrons. The fraction of sp³-hybridized carbons (Fsp3) is 0.381. The van der Waals surface area contributed by atoms with E-state index in [1.54, 1.807) is 18.2 Å². The zero-order valence-corrected chi connectivity index (χ0v) is 15.4. The van der Waals surface area contributed by atoms with E-state index in [4.69, 9.17) is 14.7 Å². The molecular formula is C21H24N2O4. The Labute approximate surface area is 159 Å². The predicted molar refractivity (Wildman–Crippen MR) is 101 cm³/mol. The Hall–Kier alpha value is -2.59. The minimum atomic E-state index is -0.846. The number of hydrogen-bond donors (Lipinski definition) is 3. The summed E-state index contributed by atoms with van der Waals surface area (Å²) in [5.41, 5.74) is 0.394. The number of rotatable bonds is 6. The van der Waals surface area contributed by atoms with Gasteiger partial charge in [0.25, 0.3) is 0 Å². The second-order valence-corrected chi connectivity index (χ2v) is 7.18. The molecule has 6 heteroatoms. The lowest BCUT2D eigenvalue weighted by molar-refractivity contribution is -0.0664. The average Bonchev–Trinajstić information content (AvgIpc) is 2.67. The van der Waals surface area contributed by atoms with Crippen molar-refractivity contribution in [3.8, 4) is 17.6 Å². The van der Waals surface area contributed by atoms with Gasteiger partial charge in [0.2, 0.25) is 0 Å². The van der Waals surface area contributed by atoms with Gasteiger partial charge < -0.3 is 25.0 Å². The Bertz CT molecular complexity index is 817. The Morgan fingerprint density at radius 3 is 2.70 bits per heavy atom. The van der Waals surface area contributed by atoms with E-state index in [0.29, 0.717) is 22.6 Å². The molecule has 0 aliphatic carbocycles. The molecule has 0 amide bonds. The number of benzene rings is 2. The molecule has 2 aromatic rings. The molecule has 3 atom stereocenters. The first-order valence-electron chi connectivity index (χ1n) is 8.91. The largest absolute Gasteiger partial charge is 0.491 e. The maximum atomic E-state index is 10.7. The molecule has 0 bridgehead atoms. The highest BCUT2D eigenvalue weighted by Gasteiger charge is 2.42. The molecule has 0 aromatic heterocycles. The Morgan fingerprint density at radius 2 is 2.00 bits per heavy atom. The lowest BCUT2D eigenvalue weighted by atomic mass is 9.86. The third kappa shape index (κ3) is 4.40. The molecule has 2 aromatic carbocycles. The Morgan fingerprint density at radius 1 is 1.26 bits per heavy atom. The van der Waals surface area contributed by atoms with Gasteiger partial charge in [-0.25, -0.2) is 0 Å². The van der Waals surface area contributed by atoms with E-state index in [-0.39, 0.29) is 13.2 Å². The van der Waals surface area contributed by atoms with Crippen LogP contribution in [0.2, 0.25) is 0 Å². The Kier molecular flexibility index (Phi) is 5.66. The molecule has 0 fully saturated rings. The number of nitriles is 1. The van der Waals surface area contributed by atoms with E-state index in [9.17, 15) is 10.2 Å². The highest BCUT2D eigenvalue weighted by molar-refractivity contribution is 5.46. The molecule has 0 saturated carbocycles. The van der Waals surface area contributed by atoms with Crippen molar-refractivity contribution in [3.05, 3.63) is 59.7 Å². The van der Waals surface area contributed by atoms with E-state index in [1.807, 2.05) is 44.2 Å². The molecular weight excluding hydrogens is 344 g/mol. The van der Waals surface area contributed by atoms with Crippen LogP contribution in [-0.4, -0.2) is 41.2 Å². The molecule has 1 heterocycles. The fourth-order valence-electron chi connectivity index (χ4n) is 3.12. The lowest BCUT2D eigenvalue weighted by Crippen LogP contribution is -2.53. The van der Waals surface area contributed by atoms with Crippen LogP contribution < -0.4 is 14.8 Å². The average molecular weight is 368 g/mol. The summed E-state index contributed by atoms with van der Waals surface area (Å²) in [5, 5.41) is 33.4. The number of nitrogens with one attached hydrogen (secondary N) is 1. The summed E-state index contributed by atoms with van der Waals surface area (Å²) in [5.74, 6) is 1.31. The van der Waals surface area contributed by atoms with Crippen LogP contribution in [0.5, 0.6) is 11.5 Å².